The Labute approximate surface area is 117 Å². The molecule has 2 rings (SSSR count). The van der Waals surface area contributed by atoms with E-state index in [9.17, 15) is 13.2 Å². The van der Waals surface area contributed by atoms with Crippen LogP contribution in [0.4, 0.5) is 13.2 Å². The van der Waals surface area contributed by atoms with Crippen LogP contribution >= 0.6 is 0 Å². The second-order valence-electron chi connectivity index (χ2n) is 4.04. The summed E-state index contributed by atoms with van der Waals surface area (Å²) in [5.74, 6) is 0.139. The second-order valence-corrected chi connectivity index (χ2v) is 4.04. The van der Waals surface area contributed by atoms with Gasteiger partial charge in [0.25, 0.3) is 0 Å². The predicted molar refractivity (Wildman–Crippen MR) is 67.6 cm³/mol. The van der Waals surface area contributed by atoms with Gasteiger partial charge in [0.05, 0.1) is 24.6 Å². The molecule has 0 radical (unpaired) electrons. The molecular weight excluding hydrogens is 289 g/mol. The Morgan fingerprint density at radius 1 is 1.43 bits per heavy atom. The van der Waals surface area contributed by atoms with Gasteiger partial charge in [0.15, 0.2) is 5.84 Å². The molecule has 0 aliphatic carbocycles. The van der Waals surface area contributed by atoms with Gasteiger partial charge >= 0.3 is 6.18 Å². The highest BCUT2D eigenvalue weighted by Gasteiger charge is 2.32. The zero-order chi connectivity index (χ0) is 15.6. The van der Waals surface area contributed by atoms with Crippen molar-refractivity contribution in [1.82, 2.24) is 9.78 Å². The lowest BCUT2D eigenvalue weighted by atomic mass is 10.1. The fourth-order valence-corrected chi connectivity index (χ4v) is 1.70. The second kappa shape index (κ2) is 5.35. The van der Waals surface area contributed by atoms with Crippen LogP contribution in [0.5, 0.6) is 5.75 Å². The lowest BCUT2D eigenvalue weighted by Gasteiger charge is -2.10. The van der Waals surface area contributed by atoms with E-state index in [2.05, 4.69) is 10.3 Å². The summed E-state index contributed by atoms with van der Waals surface area (Å²) in [5, 5.41) is 15.2. The summed E-state index contributed by atoms with van der Waals surface area (Å²) < 4.78 is 43.9. The Morgan fingerprint density at radius 2 is 2.14 bits per heavy atom. The van der Waals surface area contributed by atoms with Crippen LogP contribution in [0.1, 0.15) is 11.1 Å². The highest BCUT2D eigenvalue weighted by atomic mass is 19.4. The minimum absolute atomic E-state index is 0.195. The summed E-state index contributed by atoms with van der Waals surface area (Å²) in [7, 11) is 1.41. The van der Waals surface area contributed by atoms with Gasteiger partial charge in [0.1, 0.15) is 5.75 Å². The number of benzene rings is 1. The van der Waals surface area contributed by atoms with Crippen LogP contribution in [0.2, 0.25) is 0 Å². The van der Waals surface area contributed by atoms with E-state index in [1.54, 1.807) is 0 Å². The molecule has 9 heteroatoms. The molecule has 2 aromatic rings. The first-order chi connectivity index (χ1) is 9.86. The third-order valence-corrected chi connectivity index (χ3v) is 2.75. The summed E-state index contributed by atoms with van der Waals surface area (Å²) in [4.78, 5) is 0. The number of alkyl halides is 3. The molecule has 0 saturated heterocycles. The van der Waals surface area contributed by atoms with Crippen molar-refractivity contribution in [2.75, 3.05) is 7.11 Å². The molecule has 0 unspecified atom stereocenters. The van der Waals surface area contributed by atoms with Gasteiger partial charge in [0.2, 0.25) is 0 Å². The summed E-state index contributed by atoms with van der Waals surface area (Å²) in [5.41, 5.74) is 5.02. The lowest BCUT2D eigenvalue weighted by Crippen LogP contribution is -2.16. The number of nitrogens with zero attached hydrogens (tertiary/aromatic N) is 3. The molecule has 0 spiro atoms. The van der Waals surface area contributed by atoms with Gasteiger partial charge in [0, 0.05) is 17.8 Å². The third kappa shape index (κ3) is 2.91. The van der Waals surface area contributed by atoms with Crippen molar-refractivity contribution >= 4 is 5.84 Å². The van der Waals surface area contributed by atoms with E-state index in [-0.39, 0.29) is 17.1 Å². The van der Waals surface area contributed by atoms with E-state index in [0.717, 1.165) is 10.9 Å². The number of amidine groups is 1. The molecule has 3 N–H and O–H groups in total. The SMILES string of the molecule is COc1ccc(/C(N)=N/O)c(-n2cc(C(F)(F)F)cn2)c1. The number of methoxy groups -OCH3 is 1. The Bertz CT molecular complexity index is 679. The van der Waals surface area contributed by atoms with Crippen LogP contribution in [0.3, 0.4) is 0 Å². The first kappa shape index (κ1) is 14.7. The molecule has 0 aliphatic heterocycles. The molecule has 0 amide bonds. The number of aromatic nitrogens is 2. The maximum atomic E-state index is 12.6. The van der Waals surface area contributed by atoms with Crippen molar-refractivity contribution < 1.29 is 23.1 Å². The van der Waals surface area contributed by atoms with E-state index in [1.165, 1.54) is 25.3 Å². The van der Waals surface area contributed by atoms with Crippen LogP contribution in [0, 0.1) is 0 Å². The number of rotatable bonds is 3. The van der Waals surface area contributed by atoms with Crippen molar-refractivity contribution in [3.8, 4) is 11.4 Å². The van der Waals surface area contributed by atoms with Gasteiger partial charge in [-0.05, 0) is 12.1 Å². The first-order valence-electron chi connectivity index (χ1n) is 5.65. The van der Waals surface area contributed by atoms with Crippen LogP contribution in [-0.2, 0) is 6.18 Å². The number of oxime groups is 1. The minimum atomic E-state index is -4.51. The fourth-order valence-electron chi connectivity index (χ4n) is 1.70. The standard InChI is InChI=1S/C12H11F3N4O2/c1-21-8-2-3-9(11(16)18-20)10(4-8)19-6-7(5-17-19)12(13,14)15/h2-6,20H,1H3,(H2,16,18). The number of ether oxygens (including phenoxy) is 1. The normalized spacial score (nSPS) is 12.5. The summed E-state index contributed by atoms with van der Waals surface area (Å²) >= 11 is 0. The summed E-state index contributed by atoms with van der Waals surface area (Å²) in [6.45, 7) is 0. The summed E-state index contributed by atoms with van der Waals surface area (Å²) in [6.07, 6.45) is -3.01. The molecule has 0 atom stereocenters. The van der Waals surface area contributed by atoms with Gasteiger partial charge < -0.3 is 15.7 Å². The van der Waals surface area contributed by atoms with Crippen molar-refractivity contribution in [2.24, 2.45) is 10.9 Å². The monoisotopic (exact) mass is 300 g/mol. The van der Waals surface area contributed by atoms with Gasteiger partial charge in [-0.25, -0.2) is 4.68 Å². The fraction of sp³-hybridized carbons (Fsp3) is 0.167. The van der Waals surface area contributed by atoms with E-state index in [0.29, 0.717) is 11.9 Å². The molecule has 0 aliphatic rings. The number of nitrogens with two attached hydrogens (primary N) is 1. The van der Waals surface area contributed by atoms with Gasteiger partial charge in [-0.3, -0.25) is 0 Å². The van der Waals surface area contributed by atoms with Gasteiger partial charge in [-0.15, -0.1) is 0 Å². The van der Waals surface area contributed by atoms with Crippen molar-refractivity contribution in [2.45, 2.75) is 6.18 Å². The molecule has 0 fully saturated rings. The molecule has 0 saturated carbocycles. The topological polar surface area (TPSA) is 85.7 Å². The molecule has 1 aromatic heterocycles. The quantitative estimate of drug-likeness (QED) is 0.393. The molecule has 21 heavy (non-hydrogen) atoms. The average molecular weight is 300 g/mol. The van der Waals surface area contributed by atoms with E-state index in [4.69, 9.17) is 15.7 Å². The highest BCUT2D eigenvalue weighted by Crippen LogP contribution is 2.30. The van der Waals surface area contributed by atoms with Crippen LogP contribution in [0.25, 0.3) is 5.69 Å². The van der Waals surface area contributed by atoms with E-state index >= 15 is 0 Å². The predicted octanol–water partition coefficient (Wildman–Crippen LogP) is 1.99. The molecule has 0 bridgehead atoms. The van der Waals surface area contributed by atoms with Crippen LogP contribution in [-0.4, -0.2) is 27.9 Å². The molecule has 6 nitrogen and oxygen atoms in total. The molecule has 1 heterocycles. The van der Waals surface area contributed by atoms with Gasteiger partial charge in [-0.1, -0.05) is 5.16 Å². The van der Waals surface area contributed by atoms with Crippen molar-refractivity contribution in [3.63, 3.8) is 0 Å². The largest absolute Gasteiger partial charge is 0.497 e. The third-order valence-electron chi connectivity index (χ3n) is 2.75. The average Bonchev–Trinajstić information content (AvgIpc) is 2.95. The Balaban J connectivity index is 2.58. The minimum Gasteiger partial charge on any atom is -0.497 e. The van der Waals surface area contributed by atoms with E-state index < -0.39 is 11.7 Å². The highest BCUT2D eigenvalue weighted by molar-refractivity contribution is 6.00. The molecular formula is C12H11F3N4O2. The van der Waals surface area contributed by atoms with Gasteiger partial charge in [-0.2, -0.15) is 18.3 Å². The van der Waals surface area contributed by atoms with E-state index in [1.807, 2.05) is 0 Å². The number of hydrogen-bond acceptors (Lipinski definition) is 4. The van der Waals surface area contributed by atoms with Crippen LogP contribution < -0.4 is 10.5 Å². The van der Waals surface area contributed by atoms with Crippen molar-refractivity contribution in [3.05, 3.63) is 41.7 Å². The van der Waals surface area contributed by atoms with Crippen LogP contribution in [0.15, 0.2) is 35.7 Å². The Hall–Kier alpha value is -2.71. The Kier molecular flexibility index (Phi) is 3.74. The molecule has 112 valence electrons. The lowest BCUT2D eigenvalue weighted by molar-refractivity contribution is -0.137. The summed E-state index contributed by atoms with van der Waals surface area (Å²) in [6, 6.07) is 4.42. The maximum absolute atomic E-state index is 12.6. The molecule has 1 aromatic carbocycles. The number of halogens is 3. The number of hydrogen-bond donors (Lipinski definition) is 2. The zero-order valence-electron chi connectivity index (χ0n) is 10.8. The first-order valence-corrected chi connectivity index (χ1v) is 5.65. The van der Waals surface area contributed by atoms with Crippen molar-refractivity contribution in [1.29, 1.82) is 0 Å². The zero-order valence-corrected chi connectivity index (χ0v) is 10.8. The smallest absolute Gasteiger partial charge is 0.419 e. The Morgan fingerprint density at radius 3 is 2.67 bits per heavy atom. The maximum Gasteiger partial charge on any atom is 0.419 e.